The lowest BCUT2D eigenvalue weighted by atomic mass is 9.79. The van der Waals surface area contributed by atoms with Gasteiger partial charge in [-0.05, 0) is 63.0 Å². The van der Waals surface area contributed by atoms with Crippen molar-refractivity contribution in [3.8, 4) is 0 Å². The fraction of sp³-hybridized carbons (Fsp3) is 0.381. The average Bonchev–Trinajstić information content (AvgIpc) is 2.84. The molecule has 0 radical (unpaired) electrons. The van der Waals surface area contributed by atoms with Crippen molar-refractivity contribution < 1.29 is 13.7 Å². The Morgan fingerprint density at radius 3 is 1.85 bits per heavy atom. The molecule has 1 fully saturated rings. The molecule has 0 aliphatic carbocycles. The molecule has 138 valence electrons. The van der Waals surface area contributed by atoms with E-state index in [0.29, 0.717) is 5.69 Å². The van der Waals surface area contributed by atoms with Crippen LogP contribution < -0.4 is 5.46 Å². The Labute approximate surface area is 156 Å². The third-order valence-corrected chi connectivity index (χ3v) is 4.65. The molecule has 0 unspecified atom stereocenters. The van der Waals surface area contributed by atoms with E-state index in [2.05, 4.69) is 4.99 Å². The smallest absolute Gasteiger partial charge is 0.399 e. The highest BCUT2D eigenvalue weighted by Crippen LogP contribution is 2.36. The van der Waals surface area contributed by atoms with Crippen LogP contribution in [0.15, 0.2) is 53.5 Å². The van der Waals surface area contributed by atoms with Crippen molar-refractivity contribution in [1.29, 1.82) is 0 Å². The standard InChI is InChI=1S/C19H21BFNO2.C2H6/c1-18(2)19(3,4)24-20(23-18)15-7-5-14(6-8-15)13-22-17-11-9-16(21)10-12-17;1-2/h5-13H,1-4H3;1-2H3. The summed E-state index contributed by atoms with van der Waals surface area (Å²) in [6.45, 7) is 12.2. The number of hydrogen-bond acceptors (Lipinski definition) is 3. The Balaban J connectivity index is 0.00000117. The summed E-state index contributed by atoms with van der Waals surface area (Å²) in [4.78, 5) is 4.34. The summed E-state index contributed by atoms with van der Waals surface area (Å²) in [5.74, 6) is -0.263. The molecule has 1 aliphatic heterocycles. The van der Waals surface area contributed by atoms with Gasteiger partial charge in [0.15, 0.2) is 0 Å². The minimum atomic E-state index is -0.363. The van der Waals surface area contributed by atoms with Crippen LogP contribution in [0.1, 0.15) is 47.1 Å². The Kier molecular flexibility index (Phi) is 6.37. The summed E-state index contributed by atoms with van der Waals surface area (Å²) in [5, 5.41) is 0. The SMILES string of the molecule is CC.CC1(C)OB(c2ccc(C=Nc3ccc(F)cc3)cc2)OC1(C)C. The third-order valence-electron chi connectivity index (χ3n) is 4.65. The van der Waals surface area contributed by atoms with E-state index in [0.717, 1.165) is 11.0 Å². The van der Waals surface area contributed by atoms with Crippen molar-refractivity contribution in [3.63, 3.8) is 0 Å². The summed E-state index contributed by atoms with van der Waals surface area (Å²) < 4.78 is 25.0. The second-order valence-electron chi connectivity index (χ2n) is 6.99. The molecule has 3 rings (SSSR count). The van der Waals surface area contributed by atoms with Gasteiger partial charge in [-0.2, -0.15) is 0 Å². The number of aliphatic imine (C=N–C) groups is 1. The first kappa shape index (κ1) is 20.3. The molecule has 0 aromatic heterocycles. The van der Waals surface area contributed by atoms with Gasteiger partial charge >= 0.3 is 7.12 Å². The van der Waals surface area contributed by atoms with E-state index in [1.165, 1.54) is 12.1 Å². The predicted octanol–water partition coefficient (Wildman–Crippen LogP) is 4.90. The Hall–Kier alpha value is -1.98. The zero-order chi connectivity index (χ0) is 19.4. The molecule has 2 aromatic carbocycles. The number of nitrogens with zero attached hydrogens (tertiary/aromatic N) is 1. The van der Waals surface area contributed by atoms with Gasteiger partial charge in [0.05, 0.1) is 16.9 Å². The normalized spacial score (nSPS) is 17.9. The molecule has 0 amide bonds. The summed E-state index contributed by atoms with van der Waals surface area (Å²) in [5.41, 5.74) is 1.96. The van der Waals surface area contributed by atoms with Crippen molar-refractivity contribution >= 4 is 24.5 Å². The largest absolute Gasteiger partial charge is 0.494 e. The second-order valence-corrected chi connectivity index (χ2v) is 6.99. The van der Waals surface area contributed by atoms with Gasteiger partial charge in [-0.1, -0.05) is 38.1 Å². The van der Waals surface area contributed by atoms with E-state index in [9.17, 15) is 4.39 Å². The molecule has 1 saturated heterocycles. The van der Waals surface area contributed by atoms with Gasteiger partial charge in [-0.3, -0.25) is 4.99 Å². The van der Waals surface area contributed by atoms with E-state index in [-0.39, 0.29) is 24.1 Å². The van der Waals surface area contributed by atoms with Crippen LogP contribution in [-0.2, 0) is 9.31 Å². The van der Waals surface area contributed by atoms with E-state index in [1.807, 2.05) is 65.8 Å². The van der Waals surface area contributed by atoms with Gasteiger partial charge in [0.1, 0.15) is 5.82 Å². The molecule has 0 N–H and O–H groups in total. The molecular weight excluding hydrogens is 328 g/mol. The van der Waals surface area contributed by atoms with Crippen molar-refractivity contribution in [2.75, 3.05) is 0 Å². The van der Waals surface area contributed by atoms with Crippen molar-refractivity contribution in [2.24, 2.45) is 4.99 Å². The molecule has 0 bridgehead atoms. The zero-order valence-corrected chi connectivity index (χ0v) is 16.4. The zero-order valence-electron chi connectivity index (χ0n) is 16.4. The average molecular weight is 355 g/mol. The molecule has 0 saturated carbocycles. The molecule has 3 nitrogen and oxygen atoms in total. The van der Waals surface area contributed by atoms with Crippen molar-refractivity contribution in [3.05, 3.63) is 59.9 Å². The molecule has 26 heavy (non-hydrogen) atoms. The van der Waals surface area contributed by atoms with Gasteiger partial charge in [-0.25, -0.2) is 4.39 Å². The van der Waals surface area contributed by atoms with Crippen LogP contribution >= 0.6 is 0 Å². The highest BCUT2D eigenvalue weighted by atomic mass is 19.1. The van der Waals surface area contributed by atoms with Gasteiger partial charge < -0.3 is 9.31 Å². The first-order valence-corrected chi connectivity index (χ1v) is 9.02. The first-order chi connectivity index (χ1) is 12.3. The highest BCUT2D eigenvalue weighted by Gasteiger charge is 2.51. The van der Waals surface area contributed by atoms with Crippen LogP contribution in [0.4, 0.5) is 10.1 Å². The maximum Gasteiger partial charge on any atom is 0.494 e. The maximum absolute atomic E-state index is 12.9. The highest BCUT2D eigenvalue weighted by molar-refractivity contribution is 6.62. The van der Waals surface area contributed by atoms with Gasteiger partial charge in [0.2, 0.25) is 0 Å². The fourth-order valence-electron chi connectivity index (χ4n) is 2.39. The van der Waals surface area contributed by atoms with Crippen LogP contribution in [0.25, 0.3) is 0 Å². The minimum absolute atomic E-state index is 0.263. The van der Waals surface area contributed by atoms with Crippen LogP contribution in [0.3, 0.4) is 0 Å². The monoisotopic (exact) mass is 355 g/mol. The molecule has 5 heteroatoms. The number of rotatable bonds is 3. The molecule has 0 atom stereocenters. The Morgan fingerprint density at radius 2 is 1.35 bits per heavy atom. The summed E-state index contributed by atoms with van der Waals surface area (Å²) in [7, 11) is -0.363. The number of hydrogen-bond donors (Lipinski definition) is 0. The van der Waals surface area contributed by atoms with Crippen LogP contribution in [0.5, 0.6) is 0 Å². The van der Waals surface area contributed by atoms with Gasteiger partial charge in [-0.15, -0.1) is 0 Å². The van der Waals surface area contributed by atoms with E-state index in [1.54, 1.807) is 18.3 Å². The van der Waals surface area contributed by atoms with E-state index in [4.69, 9.17) is 9.31 Å². The topological polar surface area (TPSA) is 30.8 Å². The van der Waals surface area contributed by atoms with Crippen LogP contribution in [0.2, 0.25) is 0 Å². The van der Waals surface area contributed by atoms with Gasteiger partial charge in [0, 0.05) is 6.21 Å². The lowest BCUT2D eigenvalue weighted by Gasteiger charge is -2.32. The molecule has 2 aromatic rings. The first-order valence-electron chi connectivity index (χ1n) is 9.02. The second kappa shape index (κ2) is 8.15. The lowest BCUT2D eigenvalue weighted by Crippen LogP contribution is -2.41. The third kappa shape index (κ3) is 4.60. The maximum atomic E-state index is 12.9. The Bertz CT molecular complexity index is 724. The Morgan fingerprint density at radius 1 is 0.846 bits per heavy atom. The van der Waals surface area contributed by atoms with Crippen molar-refractivity contribution in [1.82, 2.24) is 0 Å². The summed E-state index contributed by atoms with van der Waals surface area (Å²) >= 11 is 0. The number of benzene rings is 2. The minimum Gasteiger partial charge on any atom is -0.399 e. The fourth-order valence-corrected chi connectivity index (χ4v) is 2.39. The molecule has 1 aliphatic rings. The molecule has 1 heterocycles. The molecular formula is C21H27BFNO2. The molecule has 0 spiro atoms. The summed E-state index contributed by atoms with van der Waals surface area (Å²) in [6, 6.07) is 14.0. The van der Waals surface area contributed by atoms with Crippen LogP contribution in [0, 0.1) is 5.82 Å². The van der Waals surface area contributed by atoms with E-state index >= 15 is 0 Å². The summed E-state index contributed by atoms with van der Waals surface area (Å²) in [6.07, 6.45) is 1.75. The quantitative estimate of drug-likeness (QED) is 0.579. The lowest BCUT2D eigenvalue weighted by molar-refractivity contribution is 0.00578. The van der Waals surface area contributed by atoms with E-state index < -0.39 is 0 Å². The van der Waals surface area contributed by atoms with Crippen LogP contribution in [-0.4, -0.2) is 24.5 Å². The number of halogens is 1. The predicted molar refractivity (Wildman–Crippen MR) is 107 cm³/mol. The van der Waals surface area contributed by atoms with Crippen molar-refractivity contribution in [2.45, 2.75) is 52.7 Å². The van der Waals surface area contributed by atoms with Gasteiger partial charge in [0.25, 0.3) is 0 Å².